The third-order valence-electron chi connectivity index (χ3n) is 1.44. The lowest BCUT2D eigenvalue weighted by molar-refractivity contribution is 0.590. The number of anilines is 1. The van der Waals surface area contributed by atoms with Crippen molar-refractivity contribution in [3.63, 3.8) is 0 Å². The largest absolute Gasteiger partial charge is 0.354 e. The Morgan fingerprint density at radius 1 is 1.50 bits per heavy atom. The molecule has 0 bridgehead atoms. The molecule has 8 heteroatoms. The molecule has 0 unspecified atom stereocenters. The lowest BCUT2D eigenvalue weighted by Gasteiger charge is -2.04. The highest BCUT2D eigenvalue weighted by Crippen LogP contribution is 2.31. The zero-order chi connectivity index (χ0) is 10.9. The lowest BCUT2D eigenvalue weighted by Crippen LogP contribution is -2.17. The van der Waals surface area contributed by atoms with Crippen molar-refractivity contribution in [2.45, 2.75) is 4.21 Å². The molecule has 0 amide bonds. The van der Waals surface area contributed by atoms with E-state index in [4.69, 9.17) is 11.6 Å². The van der Waals surface area contributed by atoms with Gasteiger partial charge in [0.1, 0.15) is 0 Å². The molecule has 0 aliphatic heterocycles. The smallest absolute Gasteiger partial charge is 0.253 e. The van der Waals surface area contributed by atoms with E-state index in [0.29, 0.717) is 5.13 Å². The van der Waals surface area contributed by atoms with Gasteiger partial charge in [0.05, 0.1) is 0 Å². The van der Waals surface area contributed by atoms with Crippen molar-refractivity contribution in [3.05, 3.63) is 5.15 Å². The molecule has 0 fully saturated rings. The van der Waals surface area contributed by atoms with E-state index >= 15 is 0 Å². The minimum atomic E-state index is -3.49. The number of thiazole rings is 1. The quantitative estimate of drug-likeness (QED) is 0.867. The Morgan fingerprint density at radius 3 is 2.43 bits per heavy atom. The summed E-state index contributed by atoms with van der Waals surface area (Å²) in [6.45, 7) is 0. The topological polar surface area (TPSA) is 62.3 Å². The van der Waals surface area contributed by atoms with Gasteiger partial charge in [-0.3, -0.25) is 0 Å². The Kier molecular flexibility index (Phi) is 3.36. The molecule has 5 nitrogen and oxygen atoms in total. The first-order valence-corrected chi connectivity index (χ1v) is 6.33. The highest BCUT2D eigenvalue weighted by molar-refractivity contribution is 7.91. The fourth-order valence-corrected chi connectivity index (χ4v) is 3.26. The number of sulfonamides is 1. The zero-order valence-electron chi connectivity index (χ0n) is 7.91. The molecule has 14 heavy (non-hydrogen) atoms. The highest BCUT2D eigenvalue weighted by Gasteiger charge is 2.21. The van der Waals surface area contributed by atoms with E-state index in [9.17, 15) is 8.42 Å². The molecule has 1 N–H and O–H groups in total. The molecule has 0 atom stereocenters. The number of hydrogen-bond acceptors (Lipinski definition) is 5. The maximum Gasteiger partial charge on any atom is 0.253 e. The summed E-state index contributed by atoms with van der Waals surface area (Å²) in [6, 6.07) is 0. The maximum atomic E-state index is 11.4. The van der Waals surface area contributed by atoms with Crippen LogP contribution in [0.3, 0.4) is 0 Å². The molecule has 0 radical (unpaired) electrons. The van der Waals surface area contributed by atoms with Gasteiger partial charge in [0.15, 0.2) is 14.5 Å². The van der Waals surface area contributed by atoms with Crippen LogP contribution in [0.1, 0.15) is 0 Å². The minimum absolute atomic E-state index is 0.00745. The second kappa shape index (κ2) is 4.01. The zero-order valence-corrected chi connectivity index (χ0v) is 10.3. The molecule has 0 aromatic carbocycles. The summed E-state index contributed by atoms with van der Waals surface area (Å²) in [4.78, 5) is 5.61. The first-order chi connectivity index (χ1) is 6.38. The summed E-state index contributed by atoms with van der Waals surface area (Å²) >= 11 is 6.74. The SMILES string of the molecule is CNS(=O)(=O)c1sc(N(C)C)nc1Cl. The molecule has 0 saturated carbocycles. The lowest BCUT2D eigenvalue weighted by atomic mass is 10.9. The number of halogens is 1. The molecule has 1 rings (SSSR count). The highest BCUT2D eigenvalue weighted by atomic mass is 35.5. The van der Waals surface area contributed by atoms with E-state index in [1.807, 2.05) is 0 Å². The summed E-state index contributed by atoms with van der Waals surface area (Å²) < 4.78 is 25.1. The third kappa shape index (κ3) is 2.17. The number of aromatic nitrogens is 1. The molecule has 1 aromatic rings. The monoisotopic (exact) mass is 255 g/mol. The van der Waals surface area contributed by atoms with Gasteiger partial charge in [0.25, 0.3) is 10.0 Å². The molecule has 1 aromatic heterocycles. The average Bonchev–Trinajstić information content (AvgIpc) is 2.48. The molecular weight excluding hydrogens is 246 g/mol. The van der Waals surface area contributed by atoms with Gasteiger partial charge < -0.3 is 4.90 Å². The van der Waals surface area contributed by atoms with Gasteiger partial charge in [0.2, 0.25) is 0 Å². The van der Waals surface area contributed by atoms with Crippen molar-refractivity contribution in [3.8, 4) is 0 Å². The van der Waals surface area contributed by atoms with E-state index in [0.717, 1.165) is 11.3 Å². The van der Waals surface area contributed by atoms with E-state index in [1.54, 1.807) is 19.0 Å². The van der Waals surface area contributed by atoms with Crippen molar-refractivity contribution in [2.75, 3.05) is 26.0 Å². The number of hydrogen-bond donors (Lipinski definition) is 1. The van der Waals surface area contributed by atoms with E-state index in [-0.39, 0.29) is 9.36 Å². The Bertz CT molecular complexity index is 426. The molecule has 0 saturated heterocycles. The molecule has 0 aliphatic rings. The summed E-state index contributed by atoms with van der Waals surface area (Å²) in [5.41, 5.74) is 0. The summed E-state index contributed by atoms with van der Waals surface area (Å²) in [5, 5.41) is 0.567. The molecular formula is C6H10ClN3O2S2. The maximum absolute atomic E-state index is 11.4. The Morgan fingerprint density at radius 2 is 2.07 bits per heavy atom. The first kappa shape index (κ1) is 11.7. The van der Waals surface area contributed by atoms with E-state index in [1.165, 1.54) is 7.05 Å². The number of rotatable bonds is 3. The van der Waals surface area contributed by atoms with Crippen LogP contribution in [-0.2, 0) is 10.0 Å². The summed E-state index contributed by atoms with van der Waals surface area (Å²) in [5.74, 6) is 0. The molecule has 0 aliphatic carbocycles. The molecule has 0 spiro atoms. The van der Waals surface area contributed by atoms with Crippen LogP contribution in [0.2, 0.25) is 5.15 Å². The molecule has 80 valence electrons. The van der Waals surface area contributed by atoms with Crippen molar-refractivity contribution in [1.29, 1.82) is 0 Å². The van der Waals surface area contributed by atoms with Crippen molar-refractivity contribution >= 4 is 38.1 Å². The predicted molar refractivity (Wildman–Crippen MR) is 57.7 cm³/mol. The summed E-state index contributed by atoms with van der Waals surface area (Å²) in [6.07, 6.45) is 0. The average molecular weight is 256 g/mol. The van der Waals surface area contributed by atoms with Gasteiger partial charge in [0, 0.05) is 14.1 Å². The third-order valence-corrected chi connectivity index (χ3v) is 5.08. The normalized spacial score (nSPS) is 11.7. The van der Waals surface area contributed by atoms with Crippen LogP contribution in [0.25, 0.3) is 0 Å². The second-order valence-electron chi connectivity index (χ2n) is 2.68. The van der Waals surface area contributed by atoms with Crippen LogP contribution < -0.4 is 9.62 Å². The number of nitrogens with one attached hydrogen (secondary N) is 1. The fraction of sp³-hybridized carbons (Fsp3) is 0.500. The van der Waals surface area contributed by atoms with Crippen LogP contribution in [0, 0.1) is 0 Å². The first-order valence-electron chi connectivity index (χ1n) is 3.65. The molecule has 1 heterocycles. The minimum Gasteiger partial charge on any atom is -0.354 e. The van der Waals surface area contributed by atoms with Crippen molar-refractivity contribution in [2.24, 2.45) is 0 Å². The van der Waals surface area contributed by atoms with Crippen LogP contribution in [0.15, 0.2) is 4.21 Å². The van der Waals surface area contributed by atoms with Crippen LogP contribution in [0.4, 0.5) is 5.13 Å². The standard InChI is InChI=1S/C6H10ClN3O2S2/c1-8-14(11,12)5-4(7)9-6(13-5)10(2)3/h8H,1-3H3. The number of nitrogens with zero attached hydrogens (tertiary/aromatic N) is 2. The Balaban J connectivity index is 3.24. The van der Waals surface area contributed by atoms with Gasteiger partial charge in [-0.2, -0.15) is 0 Å². The van der Waals surface area contributed by atoms with Crippen LogP contribution in [-0.4, -0.2) is 34.5 Å². The van der Waals surface area contributed by atoms with Crippen molar-refractivity contribution < 1.29 is 8.42 Å². The van der Waals surface area contributed by atoms with Gasteiger partial charge in [-0.05, 0) is 7.05 Å². The van der Waals surface area contributed by atoms with Crippen LogP contribution in [0.5, 0.6) is 0 Å². The van der Waals surface area contributed by atoms with Gasteiger partial charge >= 0.3 is 0 Å². The summed E-state index contributed by atoms with van der Waals surface area (Å²) in [7, 11) is 1.38. The second-order valence-corrected chi connectivity index (χ2v) is 6.09. The Labute approximate surface area is 91.8 Å². The van der Waals surface area contributed by atoms with E-state index < -0.39 is 10.0 Å². The van der Waals surface area contributed by atoms with Crippen molar-refractivity contribution in [1.82, 2.24) is 9.71 Å². The fourth-order valence-electron chi connectivity index (χ4n) is 0.727. The predicted octanol–water partition coefficient (Wildman–Crippen LogP) is 0.771. The Hall–Kier alpha value is -0.370. The van der Waals surface area contributed by atoms with Crippen LogP contribution >= 0.6 is 22.9 Å². The van der Waals surface area contributed by atoms with Gasteiger partial charge in [-0.1, -0.05) is 22.9 Å². The van der Waals surface area contributed by atoms with Gasteiger partial charge in [-0.25, -0.2) is 18.1 Å². The van der Waals surface area contributed by atoms with E-state index in [2.05, 4.69) is 9.71 Å². The van der Waals surface area contributed by atoms with Gasteiger partial charge in [-0.15, -0.1) is 0 Å².